The predicted molar refractivity (Wildman–Crippen MR) is 98.3 cm³/mol. The second-order valence-electron chi connectivity index (χ2n) is 6.28. The Morgan fingerprint density at radius 3 is 2.28 bits per heavy atom. The number of nitrogens with zero attached hydrogens (tertiary/aromatic N) is 2. The number of aliphatic hydroxyl groups is 2. The number of ether oxygens (including phenoxy) is 1. The van der Waals surface area contributed by atoms with Gasteiger partial charge in [0.1, 0.15) is 12.2 Å². The number of phosphoric acid groups is 1. The predicted octanol–water partition coefficient (Wildman–Crippen LogP) is -1.59. The highest BCUT2D eigenvalue weighted by molar-refractivity contribution is 7.46. The van der Waals surface area contributed by atoms with E-state index in [-0.39, 0.29) is 5.56 Å². The quantitative estimate of drug-likeness (QED) is 0.276. The molecule has 2 rings (SSSR count). The van der Waals surface area contributed by atoms with Gasteiger partial charge in [-0.05, 0) is 25.7 Å². The van der Waals surface area contributed by atoms with Gasteiger partial charge < -0.3 is 39.5 Å². The van der Waals surface area contributed by atoms with Crippen LogP contribution in [0.15, 0.2) is 24.5 Å². The number of hydrogen-bond acceptors (Lipinski definition) is 8. The number of aliphatic hydroxyl groups excluding tert-OH is 2. The number of rotatable bonds is 8. The molecule has 1 aromatic heterocycles. The van der Waals surface area contributed by atoms with Gasteiger partial charge in [-0.15, -0.1) is 0 Å². The molecule has 4 N–H and O–H groups in total. The average Bonchev–Trinajstić information content (AvgIpc) is 2.96. The number of carboxylic acid groups (broad SMARTS) is 1. The van der Waals surface area contributed by atoms with Crippen LogP contribution in [0.5, 0.6) is 0 Å². The van der Waals surface area contributed by atoms with E-state index < -0.39 is 44.9 Å². The highest BCUT2D eigenvalue weighted by Crippen LogP contribution is 2.37. The number of aromatic nitrogens is 1. The molecule has 4 atom stereocenters. The molecule has 12 heteroatoms. The van der Waals surface area contributed by atoms with Crippen LogP contribution in [0.4, 0.5) is 0 Å². The molecular weight excluding hydrogens is 407 g/mol. The Hall–Kier alpha value is -1.43. The zero-order valence-corrected chi connectivity index (χ0v) is 17.5. The molecule has 0 unspecified atom stereocenters. The summed E-state index contributed by atoms with van der Waals surface area (Å²) >= 11 is 0. The third kappa shape index (κ3) is 8.07. The van der Waals surface area contributed by atoms with Gasteiger partial charge in [-0.2, -0.15) is 4.57 Å². The Bertz CT molecular complexity index is 690. The van der Waals surface area contributed by atoms with E-state index in [9.17, 15) is 24.7 Å². The molecule has 0 saturated carbocycles. The molecule has 2 heterocycles. The molecule has 0 aliphatic carbocycles. The van der Waals surface area contributed by atoms with Crippen LogP contribution >= 0.6 is 7.82 Å². The Morgan fingerprint density at radius 2 is 1.83 bits per heavy atom. The average molecular weight is 436 g/mol. The van der Waals surface area contributed by atoms with E-state index in [0.29, 0.717) is 0 Å². The summed E-state index contributed by atoms with van der Waals surface area (Å²) in [7, 11) is -4.74. The van der Waals surface area contributed by atoms with Crippen molar-refractivity contribution in [1.29, 1.82) is 0 Å². The van der Waals surface area contributed by atoms with Gasteiger partial charge in [-0.1, -0.05) is 20.8 Å². The summed E-state index contributed by atoms with van der Waals surface area (Å²) in [5.74, 6) is -1.43. The van der Waals surface area contributed by atoms with Crippen molar-refractivity contribution in [3.8, 4) is 0 Å². The monoisotopic (exact) mass is 436 g/mol. The van der Waals surface area contributed by atoms with Crippen LogP contribution in [0.3, 0.4) is 0 Å². The van der Waals surface area contributed by atoms with Crippen LogP contribution in [-0.4, -0.2) is 75.4 Å². The molecular formula is C17H29N2O9P. The summed E-state index contributed by atoms with van der Waals surface area (Å²) in [6, 6.07) is 2.66. The fourth-order valence-corrected chi connectivity index (χ4v) is 3.07. The topological polar surface area (TPSA) is 164 Å². The zero-order chi connectivity index (χ0) is 22.2. The normalized spacial score (nSPS) is 24.3. The van der Waals surface area contributed by atoms with E-state index in [0.717, 1.165) is 6.20 Å². The Labute approximate surface area is 169 Å². The lowest BCUT2D eigenvalue weighted by molar-refractivity contribution is -0.765. The molecule has 1 aliphatic rings. The van der Waals surface area contributed by atoms with E-state index >= 15 is 0 Å². The summed E-state index contributed by atoms with van der Waals surface area (Å²) in [6.07, 6.45) is -2.68. The van der Waals surface area contributed by atoms with Crippen LogP contribution in [0.1, 0.15) is 37.4 Å². The first-order chi connectivity index (χ1) is 13.5. The van der Waals surface area contributed by atoms with Crippen LogP contribution in [0.2, 0.25) is 0 Å². The van der Waals surface area contributed by atoms with Gasteiger partial charge in [-0.3, -0.25) is 4.52 Å². The molecule has 0 bridgehead atoms. The second-order valence-corrected chi connectivity index (χ2v) is 7.52. The van der Waals surface area contributed by atoms with Gasteiger partial charge in [0, 0.05) is 6.07 Å². The van der Waals surface area contributed by atoms with Crippen molar-refractivity contribution < 1.29 is 48.3 Å². The standard InChI is InChI=1S/C11H14NO9P.C6H15N/c13-8-7(5-20-22(17,18)19)21-10(9(8)14)12-3-1-2-6(4-12)11(15)16;1-4-7(5-2)6-3/h1-4,7-10,13-14H,5H2,(H2-,15,16,17,18,19);4-6H2,1-3H3/t7-,8-,9-,10-;/m1./s1. The highest BCUT2D eigenvalue weighted by Gasteiger charge is 2.48. The minimum atomic E-state index is -4.74. The van der Waals surface area contributed by atoms with Crippen molar-refractivity contribution >= 4 is 13.8 Å². The number of carboxylic acids is 1. The fourth-order valence-electron chi connectivity index (χ4n) is 2.73. The van der Waals surface area contributed by atoms with Crippen molar-refractivity contribution in [2.45, 2.75) is 45.3 Å². The Morgan fingerprint density at radius 1 is 1.24 bits per heavy atom. The lowest BCUT2D eigenvalue weighted by Crippen LogP contribution is -2.46. The van der Waals surface area contributed by atoms with E-state index in [1.165, 1.54) is 42.5 Å². The van der Waals surface area contributed by atoms with E-state index in [2.05, 4.69) is 30.2 Å². The minimum Gasteiger partial charge on any atom is -0.545 e. The molecule has 29 heavy (non-hydrogen) atoms. The van der Waals surface area contributed by atoms with Crippen LogP contribution in [0, 0.1) is 0 Å². The van der Waals surface area contributed by atoms with Gasteiger partial charge in [0.25, 0.3) is 6.23 Å². The Balaban J connectivity index is 0.000000516. The van der Waals surface area contributed by atoms with Crippen molar-refractivity contribution in [2.24, 2.45) is 0 Å². The number of phosphoric ester groups is 1. The Kier molecular flexibility index (Phi) is 10.3. The van der Waals surface area contributed by atoms with Gasteiger partial charge in [0.15, 0.2) is 18.5 Å². The SMILES string of the molecule is CCN(CC)CC.O=C([O-])c1ccc[n+]([C@@H]2O[C@H](COP(=O)(O)O)[C@@H](O)[C@H]2O)c1. The molecule has 1 aliphatic heterocycles. The first kappa shape index (κ1) is 25.6. The van der Waals surface area contributed by atoms with Crippen molar-refractivity contribution in [3.05, 3.63) is 30.1 Å². The van der Waals surface area contributed by atoms with Gasteiger partial charge in [0.2, 0.25) is 0 Å². The summed E-state index contributed by atoms with van der Waals surface area (Å²) < 4.78 is 21.4. The van der Waals surface area contributed by atoms with Crippen molar-refractivity contribution in [2.75, 3.05) is 26.2 Å². The van der Waals surface area contributed by atoms with Crippen molar-refractivity contribution in [3.63, 3.8) is 0 Å². The summed E-state index contributed by atoms with van der Waals surface area (Å²) in [5, 5.41) is 30.6. The largest absolute Gasteiger partial charge is 0.545 e. The van der Waals surface area contributed by atoms with Crippen LogP contribution in [0.25, 0.3) is 0 Å². The minimum absolute atomic E-state index is 0.164. The molecule has 1 fully saturated rings. The number of carbonyl (C=O) groups excluding carboxylic acids is 1. The molecule has 11 nitrogen and oxygen atoms in total. The molecule has 166 valence electrons. The van der Waals surface area contributed by atoms with Gasteiger partial charge in [-0.25, -0.2) is 4.57 Å². The van der Waals surface area contributed by atoms with Crippen molar-refractivity contribution in [1.82, 2.24) is 4.90 Å². The van der Waals surface area contributed by atoms with E-state index in [4.69, 9.17) is 14.5 Å². The fraction of sp³-hybridized carbons (Fsp3) is 0.647. The first-order valence-corrected chi connectivity index (χ1v) is 10.7. The van der Waals surface area contributed by atoms with Crippen LogP contribution < -0.4 is 9.67 Å². The second kappa shape index (κ2) is 11.7. The highest BCUT2D eigenvalue weighted by atomic mass is 31.2. The molecule has 0 spiro atoms. The molecule has 0 amide bonds. The maximum Gasteiger partial charge on any atom is 0.469 e. The number of carbonyl (C=O) groups is 1. The molecule has 0 aromatic carbocycles. The lowest BCUT2D eigenvalue weighted by atomic mass is 10.1. The third-order valence-corrected chi connectivity index (χ3v) is 4.92. The smallest absolute Gasteiger partial charge is 0.469 e. The van der Waals surface area contributed by atoms with Gasteiger partial charge in [0.05, 0.1) is 18.1 Å². The number of pyridine rings is 1. The molecule has 1 saturated heterocycles. The maximum atomic E-state index is 10.8. The summed E-state index contributed by atoms with van der Waals surface area (Å²) in [5.41, 5.74) is -0.164. The first-order valence-electron chi connectivity index (χ1n) is 9.20. The number of hydrogen-bond donors (Lipinski definition) is 4. The van der Waals surface area contributed by atoms with Crippen LogP contribution in [-0.2, 0) is 13.8 Å². The maximum absolute atomic E-state index is 10.8. The molecule has 1 aromatic rings. The zero-order valence-electron chi connectivity index (χ0n) is 16.6. The number of aromatic carboxylic acids is 1. The van der Waals surface area contributed by atoms with E-state index in [1.54, 1.807) is 0 Å². The third-order valence-electron chi connectivity index (χ3n) is 4.44. The lowest BCUT2D eigenvalue weighted by Gasteiger charge is -2.13. The van der Waals surface area contributed by atoms with Gasteiger partial charge >= 0.3 is 7.82 Å². The molecule has 0 radical (unpaired) electrons. The van der Waals surface area contributed by atoms with E-state index in [1.807, 2.05) is 0 Å². The summed E-state index contributed by atoms with van der Waals surface area (Å²) in [4.78, 5) is 30.4. The summed E-state index contributed by atoms with van der Waals surface area (Å²) in [6.45, 7) is 9.49.